The Kier molecular flexibility index (Phi) is 6.68. The van der Waals surface area contributed by atoms with Gasteiger partial charge in [-0.25, -0.2) is 28.1 Å². The molecule has 0 spiro atoms. The molecule has 0 atom stereocenters. The van der Waals surface area contributed by atoms with Crippen LogP contribution in [0.1, 0.15) is 24.1 Å². The second-order valence-electron chi connectivity index (χ2n) is 6.69. The third kappa shape index (κ3) is 5.14. The van der Waals surface area contributed by atoms with E-state index in [0.717, 1.165) is 11.4 Å². The standard InChI is InChI=1S/C20H26N6O3S/c1-5-29-18-7-6-17(12-14(18)2)30(27,28)23-9-8-22-19-13-20(25-15(3)24-19)26-11-10-21-16(26)4/h6-7,10-13,23H,5,8-9H2,1-4H3,(H,22,24,25). The fourth-order valence-electron chi connectivity index (χ4n) is 2.95. The topological polar surface area (TPSA) is 111 Å². The maximum Gasteiger partial charge on any atom is 0.240 e. The second-order valence-corrected chi connectivity index (χ2v) is 8.45. The van der Waals surface area contributed by atoms with Gasteiger partial charge in [0, 0.05) is 31.5 Å². The zero-order valence-corrected chi connectivity index (χ0v) is 18.3. The lowest BCUT2D eigenvalue weighted by atomic mass is 10.2. The van der Waals surface area contributed by atoms with Gasteiger partial charge in [0.2, 0.25) is 10.0 Å². The van der Waals surface area contributed by atoms with Crippen molar-refractivity contribution in [3.05, 3.63) is 53.9 Å². The van der Waals surface area contributed by atoms with E-state index in [4.69, 9.17) is 4.74 Å². The normalized spacial score (nSPS) is 11.5. The third-order valence-corrected chi connectivity index (χ3v) is 5.84. The van der Waals surface area contributed by atoms with E-state index in [1.807, 2.05) is 31.5 Å². The summed E-state index contributed by atoms with van der Waals surface area (Å²) >= 11 is 0. The van der Waals surface area contributed by atoms with Crippen LogP contribution in [-0.4, -0.2) is 47.6 Å². The summed E-state index contributed by atoms with van der Waals surface area (Å²) in [6, 6.07) is 6.62. The number of rotatable bonds is 9. The van der Waals surface area contributed by atoms with Gasteiger partial charge in [0.05, 0.1) is 11.5 Å². The van der Waals surface area contributed by atoms with Gasteiger partial charge in [0.1, 0.15) is 29.0 Å². The minimum atomic E-state index is -3.62. The van der Waals surface area contributed by atoms with Crippen LogP contribution in [-0.2, 0) is 10.0 Å². The molecule has 0 aliphatic rings. The largest absolute Gasteiger partial charge is 0.494 e. The number of nitrogens with one attached hydrogen (secondary N) is 2. The van der Waals surface area contributed by atoms with Crippen molar-refractivity contribution in [3.63, 3.8) is 0 Å². The van der Waals surface area contributed by atoms with Gasteiger partial charge in [-0.1, -0.05) is 0 Å². The van der Waals surface area contributed by atoms with Crippen LogP contribution in [0.4, 0.5) is 5.82 Å². The SMILES string of the molecule is CCOc1ccc(S(=O)(=O)NCCNc2cc(-n3ccnc3C)nc(C)n2)cc1C. The van der Waals surface area contributed by atoms with Crippen molar-refractivity contribution in [2.45, 2.75) is 32.6 Å². The molecule has 9 nitrogen and oxygen atoms in total. The number of aryl methyl sites for hydroxylation is 3. The van der Waals surface area contributed by atoms with Crippen LogP contribution in [0, 0.1) is 20.8 Å². The van der Waals surface area contributed by atoms with Gasteiger partial charge < -0.3 is 10.1 Å². The van der Waals surface area contributed by atoms with Crippen LogP contribution < -0.4 is 14.8 Å². The van der Waals surface area contributed by atoms with E-state index in [-0.39, 0.29) is 11.4 Å². The van der Waals surface area contributed by atoms with E-state index in [9.17, 15) is 8.42 Å². The molecule has 2 aromatic heterocycles. The highest BCUT2D eigenvalue weighted by molar-refractivity contribution is 7.89. The molecule has 0 aliphatic carbocycles. The van der Waals surface area contributed by atoms with E-state index in [2.05, 4.69) is 25.0 Å². The van der Waals surface area contributed by atoms with Crippen molar-refractivity contribution in [1.29, 1.82) is 0 Å². The Hall–Kier alpha value is -2.98. The molecule has 0 amide bonds. The monoisotopic (exact) mass is 430 g/mol. The van der Waals surface area contributed by atoms with Gasteiger partial charge in [-0.05, 0) is 51.5 Å². The first-order valence-corrected chi connectivity index (χ1v) is 11.1. The smallest absolute Gasteiger partial charge is 0.240 e. The number of aromatic nitrogens is 4. The first-order valence-electron chi connectivity index (χ1n) is 9.63. The average Bonchev–Trinajstić information content (AvgIpc) is 3.12. The first-order chi connectivity index (χ1) is 14.3. The van der Waals surface area contributed by atoms with Crippen molar-refractivity contribution in [3.8, 4) is 11.6 Å². The van der Waals surface area contributed by atoms with Crippen LogP contribution in [0.5, 0.6) is 5.75 Å². The van der Waals surface area contributed by atoms with E-state index < -0.39 is 10.0 Å². The first kappa shape index (κ1) is 21.7. The maximum atomic E-state index is 12.6. The zero-order valence-electron chi connectivity index (χ0n) is 17.5. The molecule has 0 bridgehead atoms. The Morgan fingerprint density at radius 3 is 2.57 bits per heavy atom. The second kappa shape index (κ2) is 9.23. The van der Waals surface area contributed by atoms with Crippen molar-refractivity contribution >= 4 is 15.8 Å². The Morgan fingerprint density at radius 2 is 1.90 bits per heavy atom. The zero-order chi connectivity index (χ0) is 21.7. The molecule has 0 saturated heterocycles. The summed E-state index contributed by atoms with van der Waals surface area (Å²) in [6.07, 6.45) is 3.53. The summed E-state index contributed by atoms with van der Waals surface area (Å²) in [5, 5.41) is 3.14. The molecule has 3 aromatic rings. The molecule has 1 aromatic carbocycles. The van der Waals surface area contributed by atoms with Crippen molar-refractivity contribution < 1.29 is 13.2 Å². The third-order valence-electron chi connectivity index (χ3n) is 4.38. The number of anilines is 1. The number of hydrogen-bond acceptors (Lipinski definition) is 7. The van der Waals surface area contributed by atoms with E-state index in [1.54, 1.807) is 37.4 Å². The summed E-state index contributed by atoms with van der Waals surface area (Å²) in [5.41, 5.74) is 0.775. The molecule has 3 rings (SSSR count). The minimum absolute atomic E-state index is 0.205. The maximum absolute atomic E-state index is 12.6. The Morgan fingerprint density at radius 1 is 1.10 bits per heavy atom. The van der Waals surface area contributed by atoms with Crippen LogP contribution in [0.25, 0.3) is 5.82 Å². The van der Waals surface area contributed by atoms with Crippen LogP contribution in [0.2, 0.25) is 0 Å². The summed E-state index contributed by atoms with van der Waals surface area (Å²) < 4.78 is 35.0. The van der Waals surface area contributed by atoms with Crippen molar-refractivity contribution in [2.75, 3.05) is 25.0 Å². The van der Waals surface area contributed by atoms with Crippen LogP contribution in [0.3, 0.4) is 0 Å². The summed E-state index contributed by atoms with van der Waals surface area (Å²) in [7, 11) is -3.62. The van der Waals surface area contributed by atoms with Gasteiger partial charge in [-0.3, -0.25) is 4.57 Å². The molecule has 0 saturated carbocycles. The fourth-order valence-corrected chi connectivity index (χ4v) is 4.07. The van der Waals surface area contributed by atoms with Crippen LogP contribution >= 0.6 is 0 Å². The highest BCUT2D eigenvalue weighted by Gasteiger charge is 2.15. The molecule has 30 heavy (non-hydrogen) atoms. The molecule has 10 heteroatoms. The number of nitrogens with zero attached hydrogens (tertiary/aromatic N) is 4. The molecule has 0 unspecified atom stereocenters. The van der Waals surface area contributed by atoms with Gasteiger partial charge in [-0.2, -0.15) is 0 Å². The van der Waals surface area contributed by atoms with Gasteiger partial charge >= 0.3 is 0 Å². The Bertz CT molecular complexity index is 1130. The molecular formula is C20H26N6O3S. The highest BCUT2D eigenvalue weighted by Crippen LogP contribution is 2.21. The number of sulfonamides is 1. The van der Waals surface area contributed by atoms with E-state index >= 15 is 0 Å². The highest BCUT2D eigenvalue weighted by atomic mass is 32.2. The quantitative estimate of drug-likeness (QED) is 0.501. The molecule has 0 aliphatic heterocycles. The Balaban J connectivity index is 1.61. The summed E-state index contributed by atoms with van der Waals surface area (Å²) in [5.74, 6) is 3.42. The van der Waals surface area contributed by atoms with Gasteiger partial charge in [0.15, 0.2) is 0 Å². The predicted octanol–water partition coefficient (Wildman–Crippen LogP) is 2.38. The van der Waals surface area contributed by atoms with Crippen LogP contribution in [0.15, 0.2) is 41.6 Å². The van der Waals surface area contributed by atoms with Gasteiger partial charge in [0.25, 0.3) is 0 Å². The molecule has 2 N–H and O–H groups in total. The lowest BCUT2D eigenvalue weighted by molar-refractivity contribution is 0.337. The molecule has 0 fully saturated rings. The average molecular weight is 431 g/mol. The molecule has 0 radical (unpaired) electrons. The lowest BCUT2D eigenvalue weighted by Crippen LogP contribution is -2.29. The van der Waals surface area contributed by atoms with Crippen molar-refractivity contribution in [2.24, 2.45) is 0 Å². The lowest BCUT2D eigenvalue weighted by Gasteiger charge is -2.12. The molecule has 2 heterocycles. The molecule has 160 valence electrons. The van der Waals surface area contributed by atoms with Gasteiger partial charge in [-0.15, -0.1) is 0 Å². The minimum Gasteiger partial charge on any atom is -0.494 e. The molecular weight excluding hydrogens is 404 g/mol. The number of imidazole rings is 1. The van der Waals surface area contributed by atoms with E-state index in [1.165, 1.54) is 0 Å². The summed E-state index contributed by atoms with van der Waals surface area (Å²) in [6.45, 7) is 8.51. The number of hydrogen-bond donors (Lipinski definition) is 2. The number of benzene rings is 1. The number of ether oxygens (including phenoxy) is 1. The predicted molar refractivity (Wildman–Crippen MR) is 115 cm³/mol. The van der Waals surface area contributed by atoms with Crippen molar-refractivity contribution in [1.82, 2.24) is 24.2 Å². The Labute approximate surface area is 176 Å². The fraction of sp³-hybridized carbons (Fsp3) is 0.350. The summed E-state index contributed by atoms with van der Waals surface area (Å²) in [4.78, 5) is 13.2. The van der Waals surface area contributed by atoms with E-state index in [0.29, 0.717) is 36.4 Å².